The molecule has 33 heavy (non-hydrogen) atoms. The number of fused-ring (bicyclic) bond motifs is 1. The van der Waals surface area contributed by atoms with E-state index in [-0.39, 0.29) is 11.8 Å². The van der Waals surface area contributed by atoms with Crippen LogP contribution in [0.4, 0.5) is 5.69 Å². The molecule has 0 radical (unpaired) electrons. The molecule has 160 valence electrons. The Kier molecular flexibility index (Phi) is 4.18. The third-order valence-electron chi connectivity index (χ3n) is 7.39. The lowest BCUT2D eigenvalue weighted by molar-refractivity contribution is -0.124. The van der Waals surface area contributed by atoms with Gasteiger partial charge in [-0.1, -0.05) is 109 Å². The summed E-state index contributed by atoms with van der Waals surface area (Å²) in [6.07, 6.45) is 0. The van der Waals surface area contributed by atoms with Crippen molar-refractivity contribution in [3.63, 3.8) is 0 Å². The van der Waals surface area contributed by atoms with Gasteiger partial charge in [-0.2, -0.15) is 0 Å². The van der Waals surface area contributed by atoms with Gasteiger partial charge in [0.05, 0.1) is 17.0 Å². The summed E-state index contributed by atoms with van der Waals surface area (Å²) in [7, 11) is 0. The zero-order valence-electron chi connectivity index (χ0n) is 18.3. The Labute approximate surface area is 193 Å². The summed E-state index contributed by atoms with van der Waals surface area (Å²) in [4.78, 5) is 29.9. The first-order valence-electron chi connectivity index (χ1n) is 11.2. The van der Waals surface area contributed by atoms with E-state index in [1.54, 1.807) is 0 Å². The predicted molar refractivity (Wildman–Crippen MR) is 129 cm³/mol. The van der Waals surface area contributed by atoms with E-state index in [1.165, 1.54) is 4.90 Å². The van der Waals surface area contributed by atoms with Crippen LogP contribution in [0.2, 0.25) is 0 Å². The zero-order chi connectivity index (χ0) is 22.6. The molecular formula is C30H23NO2. The number of benzene rings is 4. The molecule has 0 unspecified atom stereocenters. The number of rotatable bonds is 4. The van der Waals surface area contributed by atoms with Crippen LogP contribution in [0.25, 0.3) is 0 Å². The van der Waals surface area contributed by atoms with Crippen LogP contribution in [-0.2, 0) is 20.4 Å². The molecule has 3 heteroatoms. The largest absolute Gasteiger partial charge is 0.274 e. The fraction of sp³-hybridized carbons (Fsp3) is 0.133. The molecule has 4 aromatic carbocycles. The Morgan fingerprint density at radius 2 is 1.00 bits per heavy atom. The molecule has 1 saturated carbocycles. The van der Waals surface area contributed by atoms with E-state index in [9.17, 15) is 9.59 Å². The van der Waals surface area contributed by atoms with Crippen molar-refractivity contribution < 1.29 is 9.59 Å². The van der Waals surface area contributed by atoms with Crippen LogP contribution in [0.5, 0.6) is 0 Å². The van der Waals surface area contributed by atoms with Gasteiger partial charge in [0.1, 0.15) is 5.41 Å². The molecule has 2 fully saturated rings. The Bertz CT molecular complexity index is 1310. The van der Waals surface area contributed by atoms with Crippen LogP contribution in [0.3, 0.4) is 0 Å². The van der Waals surface area contributed by atoms with Crippen molar-refractivity contribution in [2.75, 3.05) is 4.90 Å². The lowest BCUT2D eigenvalue weighted by Crippen LogP contribution is -2.44. The van der Waals surface area contributed by atoms with Crippen molar-refractivity contribution in [2.24, 2.45) is 5.92 Å². The van der Waals surface area contributed by atoms with Crippen LogP contribution < -0.4 is 4.90 Å². The summed E-state index contributed by atoms with van der Waals surface area (Å²) >= 11 is 0. The van der Waals surface area contributed by atoms with Gasteiger partial charge >= 0.3 is 0 Å². The number of imide groups is 1. The smallest absolute Gasteiger partial charge is 0.246 e. The molecule has 1 saturated heterocycles. The van der Waals surface area contributed by atoms with Crippen LogP contribution in [0.15, 0.2) is 115 Å². The maximum atomic E-state index is 14.4. The first kappa shape index (κ1) is 19.7. The van der Waals surface area contributed by atoms with Crippen LogP contribution in [-0.4, -0.2) is 11.8 Å². The summed E-state index contributed by atoms with van der Waals surface area (Å²) < 4.78 is 0. The molecule has 2 aliphatic rings. The summed E-state index contributed by atoms with van der Waals surface area (Å²) in [6, 6.07) is 37.5. The van der Waals surface area contributed by atoms with Gasteiger partial charge in [-0.3, -0.25) is 9.59 Å². The molecule has 4 aromatic rings. The van der Waals surface area contributed by atoms with E-state index >= 15 is 0 Å². The SMILES string of the molecule is Cc1ccc(N2C(=O)[C@@H]3C(c4ccccc4)(c4ccccc4)[C@@]3(c3ccccc3)C2=O)cc1. The van der Waals surface area contributed by atoms with E-state index in [1.807, 2.05) is 122 Å². The number of aryl methyl sites for hydroxylation is 1. The lowest BCUT2D eigenvalue weighted by atomic mass is 9.76. The summed E-state index contributed by atoms with van der Waals surface area (Å²) in [6.45, 7) is 2.00. The van der Waals surface area contributed by atoms with Crippen molar-refractivity contribution >= 4 is 17.5 Å². The van der Waals surface area contributed by atoms with Crippen LogP contribution in [0.1, 0.15) is 22.3 Å². The Morgan fingerprint density at radius 3 is 1.45 bits per heavy atom. The molecule has 0 bridgehead atoms. The van der Waals surface area contributed by atoms with Gasteiger partial charge in [-0.15, -0.1) is 0 Å². The molecule has 0 spiro atoms. The van der Waals surface area contributed by atoms with Crippen molar-refractivity contribution in [1.82, 2.24) is 0 Å². The highest BCUT2D eigenvalue weighted by atomic mass is 16.2. The summed E-state index contributed by atoms with van der Waals surface area (Å²) in [5, 5.41) is 0. The van der Waals surface area contributed by atoms with E-state index < -0.39 is 16.7 Å². The van der Waals surface area contributed by atoms with Gasteiger partial charge in [0.25, 0.3) is 0 Å². The fourth-order valence-corrected chi connectivity index (χ4v) is 6.06. The minimum absolute atomic E-state index is 0.139. The highest BCUT2D eigenvalue weighted by Crippen LogP contribution is 2.77. The second-order valence-corrected chi connectivity index (χ2v) is 8.96. The van der Waals surface area contributed by atoms with Gasteiger partial charge in [-0.25, -0.2) is 4.90 Å². The summed E-state index contributed by atoms with van der Waals surface area (Å²) in [5.74, 6) is -0.799. The predicted octanol–water partition coefficient (Wildman–Crippen LogP) is 5.42. The zero-order valence-corrected chi connectivity index (χ0v) is 18.3. The second kappa shape index (κ2) is 7.01. The van der Waals surface area contributed by atoms with Crippen molar-refractivity contribution in [2.45, 2.75) is 17.8 Å². The van der Waals surface area contributed by atoms with E-state index in [4.69, 9.17) is 0 Å². The third kappa shape index (κ3) is 2.39. The number of hydrogen-bond donors (Lipinski definition) is 0. The Balaban J connectivity index is 1.64. The van der Waals surface area contributed by atoms with Gasteiger partial charge < -0.3 is 0 Å². The maximum absolute atomic E-state index is 14.4. The molecular weight excluding hydrogens is 406 g/mol. The highest BCUT2D eigenvalue weighted by Gasteiger charge is 2.89. The number of nitrogens with zero attached hydrogens (tertiary/aromatic N) is 1. The first-order chi connectivity index (χ1) is 16.1. The first-order valence-corrected chi connectivity index (χ1v) is 11.2. The monoisotopic (exact) mass is 429 g/mol. The standard InChI is InChI=1S/C30H23NO2/c1-21-17-19-25(20-18-21)31-27(32)26-29(22-11-5-2-6-12-22,23-13-7-3-8-14-23)30(26,28(31)33)24-15-9-4-10-16-24/h2-20,26H,1H3/t26-,30-/m1/s1. The lowest BCUT2D eigenvalue weighted by Gasteiger charge is -2.31. The quantitative estimate of drug-likeness (QED) is 0.406. The fourth-order valence-electron chi connectivity index (χ4n) is 6.06. The number of amides is 2. The number of carbonyl (C=O) groups excluding carboxylic acids is 2. The van der Waals surface area contributed by atoms with Crippen LogP contribution in [0, 0.1) is 12.8 Å². The molecule has 3 nitrogen and oxygen atoms in total. The number of hydrogen-bond acceptors (Lipinski definition) is 2. The normalized spacial score (nSPS) is 22.8. The van der Waals surface area contributed by atoms with E-state index in [0.29, 0.717) is 5.69 Å². The van der Waals surface area contributed by atoms with E-state index in [2.05, 4.69) is 0 Å². The maximum Gasteiger partial charge on any atom is 0.246 e. The average molecular weight is 430 g/mol. The van der Waals surface area contributed by atoms with Crippen molar-refractivity contribution in [3.8, 4) is 0 Å². The van der Waals surface area contributed by atoms with Crippen molar-refractivity contribution in [3.05, 3.63) is 138 Å². The minimum atomic E-state index is -0.987. The van der Waals surface area contributed by atoms with Gasteiger partial charge in [0.15, 0.2) is 0 Å². The van der Waals surface area contributed by atoms with Gasteiger partial charge in [-0.05, 0) is 35.7 Å². The Morgan fingerprint density at radius 1 is 0.576 bits per heavy atom. The third-order valence-corrected chi connectivity index (χ3v) is 7.39. The molecule has 1 aliphatic carbocycles. The van der Waals surface area contributed by atoms with Crippen molar-refractivity contribution in [1.29, 1.82) is 0 Å². The van der Waals surface area contributed by atoms with E-state index in [0.717, 1.165) is 22.3 Å². The minimum Gasteiger partial charge on any atom is -0.274 e. The second-order valence-electron chi connectivity index (χ2n) is 8.96. The number of piperidine rings is 1. The molecule has 2 atom stereocenters. The molecule has 0 aromatic heterocycles. The topological polar surface area (TPSA) is 37.4 Å². The number of anilines is 1. The molecule has 1 heterocycles. The highest BCUT2D eigenvalue weighted by molar-refractivity contribution is 6.32. The Hall–Kier alpha value is -3.98. The van der Waals surface area contributed by atoms with Gasteiger partial charge in [0.2, 0.25) is 11.8 Å². The molecule has 2 amide bonds. The van der Waals surface area contributed by atoms with Gasteiger partial charge in [0, 0.05) is 0 Å². The average Bonchev–Trinajstić information content (AvgIpc) is 3.46. The molecule has 1 aliphatic heterocycles. The van der Waals surface area contributed by atoms with Crippen LogP contribution >= 0.6 is 0 Å². The summed E-state index contributed by atoms with van der Waals surface area (Å²) in [5.41, 5.74) is 2.86. The molecule has 0 N–H and O–H groups in total. The number of carbonyl (C=O) groups is 2. The molecule has 6 rings (SSSR count).